The molecule has 3 rings (SSSR count). The summed E-state index contributed by atoms with van der Waals surface area (Å²) in [6, 6.07) is 17.2. The molecule has 0 radical (unpaired) electrons. The maximum atomic E-state index is 10.6. The summed E-state index contributed by atoms with van der Waals surface area (Å²) in [5.74, 6) is 0. The van der Waals surface area contributed by atoms with Crippen LogP contribution in [0, 0.1) is 0 Å². The van der Waals surface area contributed by atoms with Gasteiger partial charge in [-0.1, -0.05) is 71.4 Å². The lowest BCUT2D eigenvalue weighted by Gasteiger charge is -2.22. The summed E-state index contributed by atoms with van der Waals surface area (Å²) < 4.78 is 1.60. The van der Waals surface area contributed by atoms with Crippen molar-refractivity contribution in [1.82, 2.24) is 14.8 Å². The summed E-state index contributed by atoms with van der Waals surface area (Å²) >= 11 is 13.9. The van der Waals surface area contributed by atoms with Gasteiger partial charge < -0.3 is 5.11 Å². The zero-order valence-corrected chi connectivity index (χ0v) is 15.0. The van der Waals surface area contributed by atoms with Gasteiger partial charge in [0.25, 0.3) is 0 Å². The van der Waals surface area contributed by atoms with E-state index in [1.165, 1.54) is 18.1 Å². The number of nitrogens with zero attached hydrogens (tertiary/aromatic N) is 3. The van der Waals surface area contributed by atoms with Gasteiger partial charge in [0.05, 0.1) is 6.54 Å². The smallest absolute Gasteiger partial charge is 0.191 e. The third-order valence-corrected chi connectivity index (χ3v) is 4.97. The van der Waals surface area contributed by atoms with Crippen LogP contribution >= 0.6 is 35.0 Å². The van der Waals surface area contributed by atoms with Crippen LogP contribution in [0.4, 0.5) is 0 Å². The second-order valence-electron chi connectivity index (χ2n) is 5.30. The number of hydrogen-bond acceptors (Lipinski definition) is 4. The van der Waals surface area contributed by atoms with Gasteiger partial charge in [-0.3, -0.25) is 0 Å². The van der Waals surface area contributed by atoms with Gasteiger partial charge in [-0.25, -0.2) is 9.67 Å². The van der Waals surface area contributed by atoms with E-state index >= 15 is 0 Å². The second-order valence-corrected chi connectivity index (χ2v) is 7.45. The molecule has 0 amide bonds. The molecule has 0 fully saturated rings. The average Bonchev–Trinajstić information content (AvgIpc) is 2.96. The molecule has 0 spiro atoms. The van der Waals surface area contributed by atoms with Crippen molar-refractivity contribution in [1.29, 1.82) is 0 Å². The third kappa shape index (κ3) is 4.51. The zero-order valence-electron chi connectivity index (χ0n) is 12.6. The Kier molecular flexibility index (Phi) is 5.46. The Morgan fingerprint density at radius 1 is 1.08 bits per heavy atom. The van der Waals surface area contributed by atoms with Crippen LogP contribution in [0.2, 0.25) is 5.02 Å². The molecule has 0 aliphatic heterocycles. The van der Waals surface area contributed by atoms with Crippen LogP contribution in [0.25, 0.3) is 0 Å². The van der Waals surface area contributed by atoms with Crippen molar-refractivity contribution in [2.24, 2.45) is 0 Å². The van der Waals surface area contributed by atoms with Crippen LogP contribution < -0.4 is 0 Å². The van der Waals surface area contributed by atoms with Crippen LogP contribution in [-0.4, -0.2) is 24.9 Å². The lowest BCUT2D eigenvalue weighted by molar-refractivity contribution is 0.101. The Bertz CT molecular complexity index is 808. The number of rotatable bonds is 6. The van der Waals surface area contributed by atoms with E-state index in [-0.39, 0.29) is 13.0 Å². The summed E-state index contributed by atoms with van der Waals surface area (Å²) in [6.45, 7) is 0.106. The number of aliphatic hydroxyl groups is 1. The molecule has 1 N–H and O–H groups in total. The van der Waals surface area contributed by atoms with Crippen molar-refractivity contribution in [2.45, 2.75) is 28.1 Å². The molecule has 1 unspecified atom stereocenters. The minimum atomic E-state index is -1.51. The lowest BCUT2D eigenvalue weighted by atomic mass is 10.1. The van der Waals surface area contributed by atoms with Crippen molar-refractivity contribution in [2.75, 3.05) is 0 Å². The molecule has 24 heavy (non-hydrogen) atoms. The first-order valence-corrected chi connectivity index (χ1v) is 8.86. The van der Waals surface area contributed by atoms with Crippen molar-refractivity contribution in [3.8, 4) is 0 Å². The second kappa shape index (κ2) is 7.57. The maximum Gasteiger partial charge on any atom is 0.191 e. The fraction of sp³-hybridized carbons (Fsp3) is 0.176. The Labute approximate surface area is 154 Å². The summed E-state index contributed by atoms with van der Waals surface area (Å²) in [4.78, 5) is 5.28. The summed E-state index contributed by atoms with van der Waals surface area (Å²) in [5, 5.41) is 14.5. The van der Waals surface area contributed by atoms with Crippen LogP contribution in [0.5, 0.6) is 0 Å². The van der Waals surface area contributed by atoms with Gasteiger partial charge in [-0.2, -0.15) is 5.10 Å². The number of aromatic nitrogens is 3. The minimum absolute atomic E-state index is 0.106. The van der Waals surface area contributed by atoms with E-state index < -0.39 is 5.06 Å². The standard InChI is InChI=1S/C17H15Cl2N3OS/c18-15-9-5-4-6-13(15)10-17(19,23)11-22-16(20-12-21-22)24-14-7-2-1-3-8-14/h1-9,12,23H,10-11H2. The highest BCUT2D eigenvalue weighted by Gasteiger charge is 2.27. The molecule has 4 nitrogen and oxygen atoms in total. The predicted molar refractivity (Wildman–Crippen MR) is 96.5 cm³/mol. The summed E-state index contributed by atoms with van der Waals surface area (Å²) in [5.41, 5.74) is 0.786. The zero-order chi connectivity index (χ0) is 17.0. The molecule has 0 aliphatic rings. The molecule has 1 heterocycles. The molecule has 1 aromatic heterocycles. The Balaban J connectivity index is 1.74. The molecule has 0 saturated heterocycles. The highest BCUT2D eigenvalue weighted by molar-refractivity contribution is 7.99. The van der Waals surface area contributed by atoms with E-state index in [0.29, 0.717) is 10.2 Å². The number of benzene rings is 2. The topological polar surface area (TPSA) is 50.9 Å². The van der Waals surface area contributed by atoms with E-state index in [1.54, 1.807) is 10.7 Å². The highest BCUT2D eigenvalue weighted by atomic mass is 35.5. The predicted octanol–water partition coefficient (Wildman–Crippen LogP) is 4.25. The molecule has 1 atom stereocenters. The molecule has 0 saturated carbocycles. The van der Waals surface area contributed by atoms with E-state index in [1.807, 2.05) is 48.5 Å². The van der Waals surface area contributed by atoms with E-state index in [9.17, 15) is 5.11 Å². The van der Waals surface area contributed by atoms with Crippen LogP contribution in [0.15, 0.2) is 71.0 Å². The Morgan fingerprint density at radius 2 is 1.79 bits per heavy atom. The SMILES string of the molecule is OC(Cl)(Cc1ccccc1Cl)Cn1ncnc1Sc1ccccc1. The largest absolute Gasteiger partial charge is 0.373 e. The minimum Gasteiger partial charge on any atom is -0.373 e. The van der Waals surface area contributed by atoms with Crippen LogP contribution in [-0.2, 0) is 13.0 Å². The molecule has 0 aliphatic carbocycles. The van der Waals surface area contributed by atoms with E-state index in [0.717, 1.165) is 10.5 Å². The first-order chi connectivity index (χ1) is 11.5. The molecular weight excluding hydrogens is 365 g/mol. The van der Waals surface area contributed by atoms with Crippen molar-refractivity contribution < 1.29 is 5.11 Å². The number of halogens is 2. The van der Waals surface area contributed by atoms with Gasteiger partial charge in [0.15, 0.2) is 10.2 Å². The van der Waals surface area contributed by atoms with Gasteiger partial charge in [0, 0.05) is 16.3 Å². The normalized spacial score (nSPS) is 13.6. The van der Waals surface area contributed by atoms with Crippen molar-refractivity contribution in [3.05, 3.63) is 71.5 Å². The molecule has 124 valence electrons. The van der Waals surface area contributed by atoms with Crippen LogP contribution in [0.1, 0.15) is 5.56 Å². The van der Waals surface area contributed by atoms with E-state index in [4.69, 9.17) is 23.2 Å². The fourth-order valence-electron chi connectivity index (χ4n) is 2.25. The first-order valence-electron chi connectivity index (χ1n) is 7.29. The van der Waals surface area contributed by atoms with Crippen molar-refractivity contribution >= 4 is 35.0 Å². The number of alkyl halides is 1. The van der Waals surface area contributed by atoms with Gasteiger partial charge in [-0.15, -0.1) is 0 Å². The molecule has 7 heteroatoms. The molecule has 3 aromatic rings. The molecule has 2 aromatic carbocycles. The van der Waals surface area contributed by atoms with Gasteiger partial charge in [0.1, 0.15) is 6.33 Å². The van der Waals surface area contributed by atoms with E-state index in [2.05, 4.69) is 10.1 Å². The quantitative estimate of drug-likeness (QED) is 0.650. The Morgan fingerprint density at radius 3 is 2.54 bits per heavy atom. The average molecular weight is 380 g/mol. The first kappa shape index (κ1) is 17.3. The Hall–Kier alpha value is -1.53. The highest BCUT2D eigenvalue weighted by Crippen LogP contribution is 2.29. The summed E-state index contributed by atoms with van der Waals surface area (Å²) in [6.07, 6.45) is 1.66. The third-order valence-electron chi connectivity index (χ3n) is 3.34. The van der Waals surface area contributed by atoms with Crippen LogP contribution in [0.3, 0.4) is 0 Å². The fourth-order valence-corrected chi connectivity index (χ4v) is 3.53. The monoisotopic (exact) mass is 379 g/mol. The molecule has 0 bridgehead atoms. The van der Waals surface area contributed by atoms with Gasteiger partial charge in [-0.05, 0) is 23.8 Å². The summed E-state index contributed by atoms with van der Waals surface area (Å²) in [7, 11) is 0. The lowest BCUT2D eigenvalue weighted by Crippen LogP contribution is -2.31. The van der Waals surface area contributed by atoms with Crippen molar-refractivity contribution in [3.63, 3.8) is 0 Å². The van der Waals surface area contributed by atoms with Gasteiger partial charge >= 0.3 is 0 Å². The van der Waals surface area contributed by atoms with Gasteiger partial charge in [0.2, 0.25) is 0 Å². The molecular formula is C17H15Cl2N3OS. The maximum absolute atomic E-state index is 10.6. The number of hydrogen-bond donors (Lipinski definition) is 1.